The number of rotatable bonds is 18. The van der Waals surface area contributed by atoms with Crippen molar-refractivity contribution in [2.75, 3.05) is 7.11 Å². The lowest BCUT2D eigenvalue weighted by molar-refractivity contribution is -0.157. The predicted molar refractivity (Wildman–Crippen MR) is 111 cm³/mol. The summed E-state index contributed by atoms with van der Waals surface area (Å²) in [6.07, 6.45) is 16.5. The maximum Gasteiger partial charge on any atom is 0.314 e. The average molecular weight is 383 g/mol. The van der Waals surface area contributed by atoms with E-state index in [1.54, 1.807) is 0 Å². The van der Waals surface area contributed by atoms with E-state index in [1.165, 1.54) is 45.6 Å². The molecule has 0 aromatic rings. The number of hydrogen-bond acceptors (Lipinski definition) is 4. The first-order chi connectivity index (χ1) is 13.1. The summed E-state index contributed by atoms with van der Waals surface area (Å²) < 4.78 is 10.0. The van der Waals surface area contributed by atoms with Crippen LogP contribution in [0.4, 0.5) is 0 Å². The molecule has 27 heavy (non-hydrogen) atoms. The third-order valence-electron chi connectivity index (χ3n) is 5.23. The van der Waals surface area contributed by atoms with Gasteiger partial charge in [0.25, 0.3) is 0 Å². The lowest BCUT2D eigenvalue weighted by Crippen LogP contribution is -2.31. The van der Waals surface area contributed by atoms with Gasteiger partial charge >= 0.3 is 11.9 Å². The largest absolute Gasteiger partial charge is 0.469 e. The van der Waals surface area contributed by atoms with Gasteiger partial charge in [-0.25, -0.2) is 0 Å². The van der Waals surface area contributed by atoms with Gasteiger partial charge in [0.1, 0.15) is 0 Å². The molecule has 0 saturated heterocycles. The van der Waals surface area contributed by atoms with Crippen molar-refractivity contribution in [3.63, 3.8) is 0 Å². The summed E-state index contributed by atoms with van der Waals surface area (Å²) in [4.78, 5) is 24.7. The van der Waals surface area contributed by atoms with E-state index in [0.29, 0.717) is 12.8 Å². The standard InChI is InChI=1S/C23H42O4/c1-5-8-10-12-13-14-15-17-19-21(23(25)27-7-3)20(22(24)26-4)18-16-11-9-6-2/h7,20-21H,3,5-6,8-19H2,1-2,4H3. The summed E-state index contributed by atoms with van der Waals surface area (Å²) in [5.74, 6) is -1.49. The van der Waals surface area contributed by atoms with Crippen LogP contribution >= 0.6 is 0 Å². The van der Waals surface area contributed by atoms with Gasteiger partial charge in [0.05, 0.1) is 25.2 Å². The zero-order chi connectivity index (χ0) is 20.3. The van der Waals surface area contributed by atoms with E-state index >= 15 is 0 Å². The predicted octanol–water partition coefficient (Wildman–Crippen LogP) is 6.58. The molecule has 0 radical (unpaired) electrons. The number of hydrogen-bond donors (Lipinski definition) is 0. The van der Waals surface area contributed by atoms with Gasteiger partial charge in [-0.2, -0.15) is 0 Å². The van der Waals surface area contributed by atoms with Gasteiger partial charge in [-0.15, -0.1) is 0 Å². The fourth-order valence-corrected chi connectivity index (χ4v) is 3.58. The van der Waals surface area contributed by atoms with E-state index in [4.69, 9.17) is 9.47 Å². The van der Waals surface area contributed by atoms with Gasteiger partial charge < -0.3 is 9.47 Å². The molecule has 0 amide bonds. The first kappa shape index (κ1) is 25.7. The Labute approximate surface area is 167 Å². The van der Waals surface area contributed by atoms with Gasteiger partial charge in [0.2, 0.25) is 0 Å². The Hall–Kier alpha value is -1.32. The molecule has 0 aromatic heterocycles. The van der Waals surface area contributed by atoms with E-state index in [0.717, 1.165) is 44.8 Å². The highest BCUT2D eigenvalue weighted by Crippen LogP contribution is 2.28. The Balaban J connectivity index is 4.59. The Morgan fingerprint density at radius 2 is 1.15 bits per heavy atom. The summed E-state index contributed by atoms with van der Waals surface area (Å²) in [6.45, 7) is 7.86. The van der Waals surface area contributed by atoms with E-state index in [2.05, 4.69) is 20.4 Å². The van der Waals surface area contributed by atoms with Crippen molar-refractivity contribution in [2.24, 2.45) is 11.8 Å². The lowest BCUT2D eigenvalue weighted by atomic mass is 9.83. The van der Waals surface area contributed by atoms with Gasteiger partial charge in [-0.3, -0.25) is 9.59 Å². The molecule has 158 valence electrons. The Kier molecular flexibility index (Phi) is 17.2. The fraction of sp³-hybridized carbons (Fsp3) is 0.826. The molecule has 0 heterocycles. The summed E-state index contributed by atoms with van der Waals surface area (Å²) >= 11 is 0. The number of carbonyl (C=O) groups is 2. The summed E-state index contributed by atoms with van der Waals surface area (Å²) in [7, 11) is 1.40. The lowest BCUT2D eigenvalue weighted by Gasteiger charge is -2.23. The molecule has 0 aliphatic rings. The first-order valence-electron chi connectivity index (χ1n) is 11.0. The van der Waals surface area contributed by atoms with E-state index in [9.17, 15) is 9.59 Å². The van der Waals surface area contributed by atoms with Crippen molar-refractivity contribution < 1.29 is 19.1 Å². The van der Waals surface area contributed by atoms with E-state index in [-0.39, 0.29) is 11.9 Å². The summed E-state index contributed by atoms with van der Waals surface area (Å²) in [5, 5.41) is 0. The van der Waals surface area contributed by atoms with Crippen molar-refractivity contribution >= 4 is 11.9 Å². The summed E-state index contributed by atoms with van der Waals surface area (Å²) in [5.41, 5.74) is 0. The molecule has 0 rings (SSSR count). The van der Waals surface area contributed by atoms with E-state index < -0.39 is 11.8 Å². The Bertz CT molecular complexity index is 392. The minimum Gasteiger partial charge on any atom is -0.469 e. The Morgan fingerprint density at radius 3 is 1.59 bits per heavy atom. The van der Waals surface area contributed by atoms with Crippen LogP contribution in [-0.2, 0) is 19.1 Å². The van der Waals surface area contributed by atoms with Crippen LogP contribution in [0.3, 0.4) is 0 Å². The van der Waals surface area contributed by atoms with Crippen molar-refractivity contribution in [3.05, 3.63) is 12.8 Å². The van der Waals surface area contributed by atoms with Crippen LogP contribution in [-0.4, -0.2) is 19.0 Å². The van der Waals surface area contributed by atoms with Crippen molar-refractivity contribution in [2.45, 2.75) is 104 Å². The molecular weight excluding hydrogens is 340 g/mol. The molecule has 0 aromatic carbocycles. The van der Waals surface area contributed by atoms with Gasteiger partial charge in [0.15, 0.2) is 0 Å². The third kappa shape index (κ3) is 12.6. The molecule has 0 N–H and O–H groups in total. The highest BCUT2D eigenvalue weighted by atomic mass is 16.5. The molecule has 2 unspecified atom stereocenters. The smallest absolute Gasteiger partial charge is 0.314 e. The molecule has 0 saturated carbocycles. The van der Waals surface area contributed by atoms with Crippen LogP contribution in [0.1, 0.15) is 104 Å². The fourth-order valence-electron chi connectivity index (χ4n) is 3.58. The highest BCUT2D eigenvalue weighted by molar-refractivity contribution is 5.82. The number of ether oxygens (including phenoxy) is 2. The van der Waals surface area contributed by atoms with Crippen LogP contribution in [0.5, 0.6) is 0 Å². The average Bonchev–Trinajstić information content (AvgIpc) is 2.67. The van der Waals surface area contributed by atoms with Gasteiger partial charge in [-0.1, -0.05) is 97.5 Å². The second-order valence-electron chi connectivity index (χ2n) is 7.45. The maximum atomic E-state index is 12.4. The monoisotopic (exact) mass is 382 g/mol. The maximum absolute atomic E-state index is 12.4. The second-order valence-corrected chi connectivity index (χ2v) is 7.45. The van der Waals surface area contributed by atoms with Gasteiger partial charge in [-0.05, 0) is 12.8 Å². The molecule has 0 aliphatic carbocycles. The highest BCUT2D eigenvalue weighted by Gasteiger charge is 2.34. The van der Waals surface area contributed by atoms with Crippen molar-refractivity contribution in [3.8, 4) is 0 Å². The molecule has 4 heteroatoms. The molecule has 0 aliphatic heterocycles. The zero-order valence-electron chi connectivity index (χ0n) is 18.0. The normalized spacial score (nSPS) is 13.0. The number of unbranched alkanes of at least 4 members (excludes halogenated alkanes) is 10. The quantitative estimate of drug-likeness (QED) is 0.153. The Morgan fingerprint density at radius 1 is 0.741 bits per heavy atom. The second kappa shape index (κ2) is 18.1. The molecule has 4 nitrogen and oxygen atoms in total. The molecule has 0 fully saturated rings. The van der Waals surface area contributed by atoms with Crippen LogP contribution in [0.25, 0.3) is 0 Å². The van der Waals surface area contributed by atoms with Crippen LogP contribution in [0.2, 0.25) is 0 Å². The number of carbonyl (C=O) groups excluding carboxylic acids is 2. The summed E-state index contributed by atoms with van der Waals surface area (Å²) in [6, 6.07) is 0. The van der Waals surface area contributed by atoms with Crippen molar-refractivity contribution in [1.29, 1.82) is 0 Å². The van der Waals surface area contributed by atoms with E-state index in [1.807, 2.05) is 0 Å². The molecular formula is C23H42O4. The SMILES string of the molecule is C=COC(=O)C(CCCCCCCCCC)C(CCCCCC)C(=O)OC. The number of esters is 2. The van der Waals surface area contributed by atoms with Crippen molar-refractivity contribution in [1.82, 2.24) is 0 Å². The molecule has 0 bridgehead atoms. The van der Waals surface area contributed by atoms with Crippen LogP contribution in [0.15, 0.2) is 12.8 Å². The molecule has 2 atom stereocenters. The molecule has 0 spiro atoms. The minimum absolute atomic E-state index is 0.294. The number of methoxy groups -OCH3 is 1. The van der Waals surface area contributed by atoms with Crippen LogP contribution in [0, 0.1) is 11.8 Å². The van der Waals surface area contributed by atoms with Gasteiger partial charge in [0, 0.05) is 0 Å². The zero-order valence-corrected chi connectivity index (χ0v) is 18.0. The van der Waals surface area contributed by atoms with Crippen LogP contribution < -0.4 is 0 Å². The minimum atomic E-state index is -0.433. The third-order valence-corrected chi connectivity index (χ3v) is 5.23. The first-order valence-corrected chi connectivity index (χ1v) is 11.0. The topological polar surface area (TPSA) is 52.6 Å².